The maximum absolute atomic E-state index is 5.51. The van der Waals surface area contributed by atoms with E-state index in [4.69, 9.17) is 14.2 Å². The van der Waals surface area contributed by atoms with Gasteiger partial charge in [-0.25, -0.2) is 0 Å². The zero-order valence-corrected chi connectivity index (χ0v) is 7.62. The molecule has 0 aromatic rings. The molecule has 1 N–H and O–H groups in total. The molecule has 0 bridgehead atoms. The molecule has 2 saturated heterocycles. The van der Waals surface area contributed by atoms with E-state index in [0.717, 1.165) is 0 Å². The van der Waals surface area contributed by atoms with Gasteiger partial charge in [-0.15, -0.1) is 6.58 Å². The smallest absolute Gasteiger partial charge is 0.204 e. The molecule has 2 aliphatic rings. The van der Waals surface area contributed by atoms with Crippen LogP contribution in [-0.2, 0) is 14.2 Å². The Labute approximate surface area is 77.8 Å². The molecule has 0 radical (unpaired) electrons. The molecule has 0 aromatic heterocycles. The van der Waals surface area contributed by atoms with E-state index in [1.807, 2.05) is 6.08 Å². The van der Waals surface area contributed by atoms with E-state index in [-0.39, 0.29) is 6.04 Å². The fraction of sp³-hybridized carbons (Fsp3) is 0.778. The van der Waals surface area contributed by atoms with Crippen LogP contribution in [0.1, 0.15) is 0 Å². The Morgan fingerprint density at radius 3 is 2.85 bits per heavy atom. The lowest BCUT2D eigenvalue weighted by Crippen LogP contribution is -2.44. The van der Waals surface area contributed by atoms with Gasteiger partial charge in [-0.1, -0.05) is 6.08 Å². The predicted octanol–water partition coefficient (Wildman–Crippen LogP) is -0.0961. The first-order valence-electron chi connectivity index (χ1n) is 4.56. The molecule has 2 aliphatic heterocycles. The zero-order valence-electron chi connectivity index (χ0n) is 7.62. The van der Waals surface area contributed by atoms with E-state index in [1.165, 1.54) is 0 Å². The number of hydrogen-bond acceptors (Lipinski definition) is 4. The van der Waals surface area contributed by atoms with E-state index >= 15 is 0 Å². The number of nitrogens with one attached hydrogen (secondary N) is 1. The van der Waals surface area contributed by atoms with Crippen LogP contribution in [-0.4, -0.2) is 44.8 Å². The molecule has 0 amide bonds. The molecule has 2 rings (SSSR count). The Hall–Kier alpha value is -0.420. The Balaban J connectivity index is 1.96. The standard InChI is InChI=1S/C9H15NO3/c1-2-8-5-11-7-9(6-10-8)12-3-4-13-9/h2,8,10H,1,3-7H2. The van der Waals surface area contributed by atoms with Crippen LogP contribution in [0.5, 0.6) is 0 Å². The minimum atomic E-state index is -0.544. The van der Waals surface area contributed by atoms with Crippen molar-refractivity contribution in [3.8, 4) is 0 Å². The second kappa shape index (κ2) is 3.75. The van der Waals surface area contributed by atoms with E-state index in [0.29, 0.717) is 33.0 Å². The number of hydrogen-bond donors (Lipinski definition) is 1. The SMILES string of the molecule is C=CC1COCC2(CN1)OCCO2. The summed E-state index contributed by atoms with van der Waals surface area (Å²) in [5, 5.41) is 3.27. The average Bonchev–Trinajstić information content (AvgIpc) is 2.49. The molecule has 1 atom stereocenters. The van der Waals surface area contributed by atoms with E-state index in [2.05, 4.69) is 11.9 Å². The first kappa shape index (κ1) is 9.15. The highest BCUT2D eigenvalue weighted by Crippen LogP contribution is 2.20. The Morgan fingerprint density at radius 2 is 2.15 bits per heavy atom. The summed E-state index contributed by atoms with van der Waals surface area (Å²) in [7, 11) is 0. The molecule has 0 aliphatic carbocycles. The second-order valence-corrected chi connectivity index (χ2v) is 3.35. The van der Waals surface area contributed by atoms with Gasteiger partial charge >= 0.3 is 0 Å². The fourth-order valence-electron chi connectivity index (χ4n) is 1.57. The third-order valence-electron chi connectivity index (χ3n) is 2.35. The van der Waals surface area contributed by atoms with Crippen molar-refractivity contribution < 1.29 is 14.2 Å². The fourth-order valence-corrected chi connectivity index (χ4v) is 1.57. The van der Waals surface area contributed by atoms with Gasteiger partial charge in [-0.05, 0) is 0 Å². The molecule has 4 heteroatoms. The van der Waals surface area contributed by atoms with Gasteiger partial charge in [0.1, 0.15) is 6.61 Å². The van der Waals surface area contributed by atoms with Gasteiger partial charge in [0.05, 0.1) is 26.4 Å². The highest BCUT2D eigenvalue weighted by molar-refractivity contribution is 4.91. The molecule has 74 valence electrons. The van der Waals surface area contributed by atoms with Crippen LogP contribution in [0, 0.1) is 0 Å². The molecule has 0 aromatic carbocycles. The first-order valence-corrected chi connectivity index (χ1v) is 4.56. The maximum atomic E-state index is 5.51. The Kier molecular flexibility index (Phi) is 2.64. The van der Waals surface area contributed by atoms with Crippen LogP contribution in [0.2, 0.25) is 0 Å². The lowest BCUT2D eigenvalue weighted by Gasteiger charge is -2.24. The zero-order chi connectivity index (χ0) is 9.15. The first-order chi connectivity index (χ1) is 6.35. The van der Waals surface area contributed by atoms with Gasteiger partial charge in [-0.3, -0.25) is 0 Å². The summed E-state index contributed by atoms with van der Waals surface area (Å²) in [6.07, 6.45) is 1.84. The van der Waals surface area contributed by atoms with Gasteiger partial charge < -0.3 is 19.5 Å². The van der Waals surface area contributed by atoms with Gasteiger partial charge in [0.2, 0.25) is 5.79 Å². The summed E-state index contributed by atoms with van der Waals surface area (Å²) in [4.78, 5) is 0. The number of rotatable bonds is 1. The van der Waals surface area contributed by atoms with Gasteiger partial charge in [-0.2, -0.15) is 0 Å². The topological polar surface area (TPSA) is 39.7 Å². The lowest BCUT2D eigenvalue weighted by atomic mass is 10.2. The highest BCUT2D eigenvalue weighted by atomic mass is 16.8. The minimum absolute atomic E-state index is 0.201. The maximum Gasteiger partial charge on any atom is 0.204 e. The van der Waals surface area contributed by atoms with Crippen LogP contribution in [0.25, 0.3) is 0 Å². The Morgan fingerprint density at radius 1 is 1.38 bits per heavy atom. The number of ether oxygens (including phenoxy) is 3. The monoisotopic (exact) mass is 185 g/mol. The van der Waals surface area contributed by atoms with E-state index in [1.54, 1.807) is 0 Å². The van der Waals surface area contributed by atoms with Crippen molar-refractivity contribution in [3.05, 3.63) is 12.7 Å². The molecule has 13 heavy (non-hydrogen) atoms. The molecule has 2 fully saturated rings. The average molecular weight is 185 g/mol. The summed E-state index contributed by atoms with van der Waals surface area (Å²) in [5.74, 6) is -0.544. The van der Waals surface area contributed by atoms with Crippen molar-refractivity contribution in [2.24, 2.45) is 0 Å². The molecular formula is C9H15NO3. The van der Waals surface area contributed by atoms with Crippen LogP contribution >= 0.6 is 0 Å². The van der Waals surface area contributed by atoms with Crippen molar-refractivity contribution in [1.82, 2.24) is 5.32 Å². The second-order valence-electron chi connectivity index (χ2n) is 3.35. The lowest BCUT2D eigenvalue weighted by molar-refractivity contribution is -0.181. The van der Waals surface area contributed by atoms with Crippen molar-refractivity contribution >= 4 is 0 Å². The third-order valence-corrected chi connectivity index (χ3v) is 2.35. The van der Waals surface area contributed by atoms with Crippen LogP contribution in [0.15, 0.2) is 12.7 Å². The molecule has 1 unspecified atom stereocenters. The summed E-state index contributed by atoms with van der Waals surface area (Å²) in [6, 6.07) is 0.201. The highest BCUT2D eigenvalue weighted by Gasteiger charge is 2.38. The summed E-state index contributed by atoms with van der Waals surface area (Å²) < 4.78 is 16.5. The Bertz CT molecular complexity index is 189. The third kappa shape index (κ3) is 1.91. The summed E-state index contributed by atoms with van der Waals surface area (Å²) >= 11 is 0. The largest absolute Gasteiger partial charge is 0.374 e. The molecule has 1 spiro atoms. The quantitative estimate of drug-likeness (QED) is 0.579. The van der Waals surface area contributed by atoms with Crippen molar-refractivity contribution in [2.45, 2.75) is 11.8 Å². The van der Waals surface area contributed by atoms with E-state index in [9.17, 15) is 0 Å². The van der Waals surface area contributed by atoms with Crippen LogP contribution in [0.4, 0.5) is 0 Å². The van der Waals surface area contributed by atoms with Gasteiger partial charge in [0.25, 0.3) is 0 Å². The normalized spacial score (nSPS) is 33.1. The van der Waals surface area contributed by atoms with Gasteiger partial charge in [0.15, 0.2) is 0 Å². The molecular weight excluding hydrogens is 170 g/mol. The van der Waals surface area contributed by atoms with E-state index < -0.39 is 5.79 Å². The molecule has 2 heterocycles. The predicted molar refractivity (Wildman–Crippen MR) is 47.4 cm³/mol. The van der Waals surface area contributed by atoms with Crippen molar-refractivity contribution in [2.75, 3.05) is 33.0 Å². The van der Waals surface area contributed by atoms with Crippen molar-refractivity contribution in [3.63, 3.8) is 0 Å². The summed E-state index contributed by atoms with van der Waals surface area (Å²) in [6.45, 7) is 6.84. The molecule has 0 saturated carbocycles. The molecule has 4 nitrogen and oxygen atoms in total. The van der Waals surface area contributed by atoms with Crippen molar-refractivity contribution in [1.29, 1.82) is 0 Å². The van der Waals surface area contributed by atoms with Crippen LogP contribution in [0.3, 0.4) is 0 Å². The van der Waals surface area contributed by atoms with Crippen LogP contribution < -0.4 is 5.32 Å². The van der Waals surface area contributed by atoms with Gasteiger partial charge in [0, 0.05) is 6.04 Å². The minimum Gasteiger partial charge on any atom is -0.374 e. The summed E-state index contributed by atoms with van der Waals surface area (Å²) in [5.41, 5.74) is 0.